The Morgan fingerprint density at radius 1 is 1.39 bits per heavy atom. The van der Waals surface area contributed by atoms with Gasteiger partial charge in [0.1, 0.15) is 10.7 Å². The van der Waals surface area contributed by atoms with Crippen LogP contribution in [0.2, 0.25) is 5.02 Å². The van der Waals surface area contributed by atoms with E-state index in [-0.39, 0.29) is 23.6 Å². The molecule has 0 aliphatic carbocycles. The molecule has 1 aromatic carbocycles. The summed E-state index contributed by atoms with van der Waals surface area (Å²) in [5.41, 5.74) is 0.533. The topological polar surface area (TPSA) is 75.3 Å². The summed E-state index contributed by atoms with van der Waals surface area (Å²) >= 11 is 7.18. The molecule has 28 heavy (non-hydrogen) atoms. The van der Waals surface area contributed by atoms with Gasteiger partial charge in [0.2, 0.25) is 0 Å². The van der Waals surface area contributed by atoms with Crippen LogP contribution in [0.25, 0.3) is 11.6 Å². The minimum absolute atomic E-state index is 0.00541. The highest BCUT2D eigenvalue weighted by Crippen LogP contribution is 2.12. The molecule has 146 valence electrons. The van der Waals surface area contributed by atoms with Crippen molar-refractivity contribution >= 4 is 40.5 Å². The molecule has 3 rings (SSSR count). The normalized spacial score (nSPS) is 15.6. The Kier molecular flexibility index (Phi) is 6.68. The predicted octanol–water partition coefficient (Wildman–Crippen LogP) is 1.34. The fourth-order valence-electron chi connectivity index (χ4n) is 3.10. The van der Waals surface area contributed by atoms with Crippen molar-refractivity contribution in [1.82, 2.24) is 9.47 Å². The second-order valence-electron chi connectivity index (χ2n) is 6.41. The number of thiazole rings is 1. The first-order valence-electron chi connectivity index (χ1n) is 8.94. The number of nitriles is 1. The summed E-state index contributed by atoms with van der Waals surface area (Å²) in [4.78, 5) is 27.5. The number of aromatic nitrogens is 1. The van der Waals surface area contributed by atoms with Crippen LogP contribution in [-0.2, 0) is 16.1 Å². The molecule has 8 heteroatoms. The van der Waals surface area contributed by atoms with Crippen molar-refractivity contribution in [3.8, 4) is 6.07 Å². The number of rotatable bonds is 5. The van der Waals surface area contributed by atoms with Crippen LogP contribution in [0.15, 0.2) is 29.1 Å². The van der Waals surface area contributed by atoms with Crippen molar-refractivity contribution < 1.29 is 9.53 Å². The van der Waals surface area contributed by atoms with Crippen molar-refractivity contribution in [3.63, 3.8) is 0 Å². The van der Waals surface area contributed by atoms with Gasteiger partial charge in [-0.1, -0.05) is 23.7 Å². The Balaban J connectivity index is 2.20. The Bertz CT molecular complexity index is 1090. The van der Waals surface area contributed by atoms with Gasteiger partial charge in [0.05, 0.1) is 17.7 Å². The Morgan fingerprint density at radius 3 is 2.79 bits per heavy atom. The van der Waals surface area contributed by atoms with Gasteiger partial charge in [-0.25, -0.2) is 0 Å². The summed E-state index contributed by atoms with van der Waals surface area (Å²) in [5, 5.41) is 10.3. The molecule has 1 aromatic heterocycles. The molecule has 0 unspecified atom stereocenters. The summed E-state index contributed by atoms with van der Waals surface area (Å²) < 4.78 is 7.37. The van der Waals surface area contributed by atoms with Gasteiger partial charge in [0.25, 0.3) is 11.5 Å². The van der Waals surface area contributed by atoms with Crippen LogP contribution in [0.5, 0.6) is 0 Å². The molecule has 0 saturated carbocycles. The van der Waals surface area contributed by atoms with Crippen LogP contribution < -0.4 is 14.8 Å². The smallest absolute Gasteiger partial charge is 0.269 e. The lowest BCUT2D eigenvalue weighted by Gasteiger charge is -2.14. The highest BCUT2D eigenvalue weighted by molar-refractivity contribution is 7.07. The molecular weight excluding hydrogens is 398 g/mol. The average molecular weight is 418 g/mol. The van der Waals surface area contributed by atoms with E-state index in [0.29, 0.717) is 33.9 Å². The standard InChI is InChI=1S/C20H20ClN3O3S/c1-27-10-9-24-19(26)17(12-14-5-4-6-15(21)11-14)28-20(24)16(13-22)18(25)23-7-2-3-8-23/h4-6,11-12H,2-3,7-10H2,1H3/b17-12+,20-16-. The lowest BCUT2D eigenvalue weighted by atomic mass is 10.2. The van der Waals surface area contributed by atoms with Crippen molar-refractivity contribution in [2.24, 2.45) is 0 Å². The third-order valence-electron chi connectivity index (χ3n) is 4.51. The van der Waals surface area contributed by atoms with Crippen LogP contribution in [0, 0.1) is 11.3 Å². The van der Waals surface area contributed by atoms with E-state index in [0.717, 1.165) is 29.7 Å². The van der Waals surface area contributed by atoms with Crippen molar-refractivity contribution in [3.05, 3.63) is 54.4 Å². The van der Waals surface area contributed by atoms with Gasteiger partial charge < -0.3 is 9.64 Å². The van der Waals surface area contributed by atoms with Crippen LogP contribution in [-0.4, -0.2) is 42.2 Å². The van der Waals surface area contributed by atoms with Gasteiger partial charge in [-0.15, -0.1) is 11.3 Å². The van der Waals surface area contributed by atoms with Gasteiger partial charge in [-0.2, -0.15) is 5.26 Å². The summed E-state index contributed by atoms with van der Waals surface area (Å²) in [7, 11) is 1.54. The second kappa shape index (κ2) is 9.20. The summed E-state index contributed by atoms with van der Waals surface area (Å²) in [6.45, 7) is 1.85. The van der Waals surface area contributed by atoms with E-state index in [1.165, 1.54) is 4.57 Å². The number of carbonyl (C=O) groups is 1. The SMILES string of the molecule is COCCn1c(=O)/c(=C\c2cccc(Cl)c2)s/c1=C(/C#N)C(=O)N1CCCC1. The number of nitrogens with zero attached hydrogens (tertiary/aromatic N) is 3. The van der Waals surface area contributed by atoms with E-state index in [1.54, 1.807) is 36.3 Å². The van der Waals surface area contributed by atoms with Gasteiger partial charge >= 0.3 is 0 Å². The third-order valence-corrected chi connectivity index (χ3v) is 5.87. The minimum Gasteiger partial charge on any atom is -0.383 e. The first kappa shape index (κ1) is 20.3. The van der Waals surface area contributed by atoms with Gasteiger partial charge in [-0.05, 0) is 36.6 Å². The van der Waals surface area contributed by atoms with Crippen molar-refractivity contribution in [2.45, 2.75) is 19.4 Å². The molecule has 0 spiro atoms. The molecule has 1 amide bonds. The summed E-state index contributed by atoms with van der Waals surface area (Å²) in [5.74, 6) is -0.318. The number of hydrogen-bond donors (Lipinski definition) is 0. The number of likely N-dealkylation sites (tertiary alicyclic amines) is 1. The van der Waals surface area contributed by atoms with Crippen molar-refractivity contribution in [2.75, 3.05) is 26.8 Å². The highest BCUT2D eigenvalue weighted by Gasteiger charge is 2.24. The minimum atomic E-state index is -0.318. The zero-order valence-electron chi connectivity index (χ0n) is 15.5. The van der Waals surface area contributed by atoms with Crippen LogP contribution in [0.4, 0.5) is 0 Å². The quantitative estimate of drug-likeness (QED) is 0.735. The molecule has 0 N–H and O–H groups in total. The summed E-state index contributed by atoms with van der Waals surface area (Å²) in [6.07, 6.45) is 3.58. The molecule has 2 aromatic rings. The number of amides is 1. The number of carbonyl (C=O) groups excluding carboxylic acids is 1. The number of hydrogen-bond acceptors (Lipinski definition) is 5. The predicted molar refractivity (Wildman–Crippen MR) is 110 cm³/mol. The van der Waals surface area contributed by atoms with E-state index < -0.39 is 0 Å². The Labute approximate surface area is 171 Å². The average Bonchev–Trinajstić information content (AvgIpc) is 3.31. The zero-order valence-corrected chi connectivity index (χ0v) is 17.1. The van der Waals surface area contributed by atoms with Crippen LogP contribution in [0.3, 0.4) is 0 Å². The third kappa shape index (κ3) is 4.36. The monoisotopic (exact) mass is 417 g/mol. The molecule has 1 aliphatic heterocycles. The molecule has 1 saturated heterocycles. The Morgan fingerprint density at radius 2 is 2.14 bits per heavy atom. The molecule has 0 atom stereocenters. The number of methoxy groups -OCH3 is 1. The van der Waals surface area contributed by atoms with E-state index in [9.17, 15) is 14.9 Å². The van der Waals surface area contributed by atoms with Crippen molar-refractivity contribution in [1.29, 1.82) is 5.26 Å². The molecule has 1 aliphatic rings. The molecule has 0 radical (unpaired) electrons. The molecule has 0 bridgehead atoms. The van der Waals surface area contributed by atoms with Gasteiger partial charge in [0, 0.05) is 25.2 Å². The lowest BCUT2D eigenvalue weighted by molar-refractivity contribution is -0.123. The second-order valence-corrected chi connectivity index (χ2v) is 7.87. The van der Waals surface area contributed by atoms with Gasteiger partial charge in [-0.3, -0.25) is 14.2 Å². The first-order chi connectivity index (χ1) is 13.5. The van der Waals surface area contributed by atoms with Gasteiger partial charge in [0.15, 0.2) is 5.57 Å². The van der Waals surface area contributed by atoms with E-state index in [1.807, 2.05) is 12.1 Å². The molecule has 1 fully saturated rings. The largest absolute Gasteiger partial charge is 0.383 e. The molecule has 6 nitrogen and oxygen atoms in total. The number of benzene rings is 1. The zero-order chi connectivity index (χ0) is 20.1. The number of ether oxygens (including phenoxy) is 1. The van der Waals surface area contributed by atoms with Crippen LogP contribution >= 0.6 is 22.9 Å². The Hall–Kier alpha value is -2.40. The van der Waals surface area contributed by atoms with Crippen LogP contribution in [0.1, 0.15) is 18.4 Å². The maximum absolute atomic E-state index is 13.0. The first-order valence-corrected chi connectivity index (χ1v) is 10.1. The van der Waals surface area contributed by atoms with E-state index >= 15 is 0 Å². The maximum atomic E-state index is 13.0. The molecule has 2 heterocycles. The number of halogens is 1. The highest BCUT2D eigenvalue weighted by atomic mass is 35.5. The van der Waals surface area contributed by atoms with E-state index in [4.69, 9.17) is 16.3 Å². The molecular formula is C20H20ClN3O3S. The lowest BCUT2D eigenvalue weighted by Crippen LogP contribution is -2.36. The maximum Gasteiger partial charge on any atom is 0.269 e. The fraction of sp³-hybridized carbons (Fsp3) is 0.350. The van der Waals surface area contributed by atoms with E-state index in [2.05, 4.69) is 0 Å². The summed E-state index contributed by atoms with van der Waals surface area (Å²) in [6, 6.07) is 9.18. The fourth-order valence-corrected chi connectivity index (χ4v) is 4.42.